The molecule has 0 bridgehead atoms. The van der Waals surface area contributed by atoms with Crippen molar-refractivity contribution in [2.45, 2.75) is 38.2 Å². The van der Waals surface area contributed by atoms with Crippen LogP contribution in [0.25, 0.3) is 0 Å². The largest absolute Gasteiger partial charge is 0.390 e. The fourth-order valence-corrected chi connectivity index (χ4v) is 2.44. The number of rotatable bonds is 1. The molecule has 1 aliphatic rings. The Morgan fingerprint density at radius 1 is 1.29 bits per heavy atom. The van der Waals surface area contributed by atoms with Gasteiger partial charge >= 0.3 is 0 Å². The van der Waals surface area contributed by atoms with Gasteiger partial charge in [0.15, 0.2) is 0 Å². The Bertz CT molecular complexity index is 302. The molecule has 0 aliphatic heterocycles. The van der Waals surface area contributed by atoms with Gasteiger partial charge < -0.3 is 5.11 Å². The first-order valence-corrected chi connectivity index (χ1v) is 5.37. The van der Waals surface area contributed by atoms with Gasteiger partial charge in [-0.15, -0.1) is 0 Å². The first-order valence-electron chi connectivity index (χ1n) is 5.37. The van der Waals surface area contributed by atoms with Crippen LogP contribution in [0.3, 0.4) is 0 Å². The molecule has 1 saturated carbocycles. The number of aliphatic hydroxyl groups is 1. The van der Waals surface area contributed by atoms with Crippen molar-refractivity contribution in [1.82, 2.24) is 0 Å². The fraction of sp³-hybridized carbons (Fsp3) is 0.538. The third kappa shape index (κ3) is 1.69. The minimum atomic E-state index is -0.472. The van der Waals surface area contributed by atoms with E-state index in [0.29, 0.717) is 11.8 Å². The highest BCUT2D eigenvalue weighted by molar-refractivity contribution is 5.22. The predicted molar refractivity (Wildman–Crippen MR) is 58.2 cm³/mol. The van der Waals surface area contributed by atoms with E-state index < -0.39 is 5.60 Å². The van der Waals surface area contributed by atoms with Crippen LogP contribution in [0, 0.1) is 5.92 Å². The molecule has 1 heteroatoms. The highest BCUT2D eigenvalue weighted by Gasteiger charge is 2.39. The van der Waals surface area contributed by atoms with Gasteiger partial charge in [-0.3, -0.25) is 0 Å². The first kappa shape index (κ1) is 9.72. The predicted octanol–water partition coefficient (Wildman–Crippen LogP) is 2.95. The lowest BCUT2D eigenvalue weighted by Crippen LogP contribution is -2.26. The molecule has 3 atom stereocenters. The average molecular weight is 190 g/mol. The Morgan fingerprint density at radius 2 is 1.93 bits per heavy atom. The summed E-state index contributed by atoms with van der Waals surface area (Å²) in [5.41, 5.74) is 0.901. The topological polar surface area (TPSA) is 20.2 Å². The van der Waals surface area contributed by atoms with Gasteiger partial charge in [0.25, 0.3) is 0 Å². The van der Waals surface area contributed by atoms with Crippen LogP contribution in [0.4, 0.5) is 0 Å². The van der Waals surface area contributed by atoms with Gasteiger partial charge in [-0.2, -0.15) is 0 Å². The molecule has 0 heterocycles. The number of hydrogen-bond donors (Lipinski definition) is 1. The highest BCUT2D eigenvalue weighted by atomic mass is 16.3. The van der Waals surface area contributed by atoms with Crippen LogP contribution in [0.5, 0.6) is 0 Å². The second-order valence-corrected chi connectivity index (χ2v) is 4.81. The van der Waals surface area contributed by atoms with Crippen molar-refractivity contribution < 1.29 is 5.11 Å². The summed E-state index contributed by atoms with van der Waals surface area (Å²) in [6, 6.07) is 10.5. The molecular weight excluding hydrogens is 172 g/mol. The first-order chi connectivity index (χ1) is 6.59. The van der Waals surface area contributed by atoms with Gasteiger partial charge in [-0.25, -0.2) is 0 Å². The van der Waals surface area contributed by atoms with E-state index in [2.05, 4.69) is 31.2 Å². The normalized spacial score (nSPS) is 37.4. The van der Waals surface area contributed by atoms with Crippen molar-refractivity contribution in [3.8, 4) is 0 Å². The maximum Gasteiger partial charge on any atom is 0.0651 e. The second kappa shape index (κ2) is 3.39. The lowest BCUT2D eigenvalue weighted by atomic mass is 9.94. The zero-order valence-corrected chi connectivity index (χ0v) is 8.90. The minimum absolute atomic E-state index is 0.410. The van der Waals surface area contributed by atoms with E-state index in [1.165, 1.54) is 5.56 Å². The summed E-state index contributed by atoms with van der Waals surface area (Å²) in [7, 11) is 0. The van der Waals surface area contributed by atoms with E-state index in [4.69, 9.17) is 0 Å². The van der Waals surface area contributed by atoms with Crippen molar-refractivity contribution in [2.75, 3.05) is 0 Å². The quantitative estimate of drug-likeness (QED) is 0.722. The number of hydrogen-bond acceptors (Lipinski definition) is 1. The number of benzene rings is 1. The molecule has 1 nitrogen and oxygen atoms in total. The molecule has 1 aromatic rings. The van der Waals surface area contributed by atoms with Crippen LogP contribution >= 0.6 is 0 Å². The van der Waals surface area contributed by atoms with Gasteiger partial charge in [0.2, 0.25) is 0 Å². The molecule has 0 aromatic heterocycles. The smallest absolute Gasteiger partial charge is 0.0651 e. The fourth-order valence-electron chi connectivity index (χ4n) is 2.44. The molecule has 2 rings (SSSR count). The monoisotopic (exact) mass is 190 g/mol. The molecule has 14 heavy (non-hydrogen) atoms. The molecule has 0 radical (unpaired) electrons. The Hall–Kier alpha value is -0.820. The van der Waals surface area contributed by atoms with Crippen LogP contribution in [-0.4, -0.2) is 10.7 Å². The summed E-state index contributed by atoms with van der Waals surface area (Å²) < 4.78 is 0. The average Bonchev–Trinajstić information content (AvgIpc) is 2.43. The third-order valence-corrected chi connectivity index (χ3v) is 3.63. The molecule has 1 N–H and O–H groups in total. The van der Waals surface area contributed by atoms with E-state index in [-0.39, 0.29) is 0 Å². The van der Waals surface area contributed by atoms with Crippen molar-refractivity contribution in [3.63, 3.8) is 0 Å². The summed E-state index contributed by atoms with van der Waals surface area (Å²) in [5.74, 6) is 0.953. The van der Waals surface area contributed by atoms with Gasteiger partial charge in [0, 0.05) is 0 Å². The summed E-state index contributed by atoms with van der Waals surface area (Å²) in [6.07, 6.45) is 2.01. The molecule has 0 amide bonds. The Balaban J connectivity index is 2.17. The van der Waals surface area contributed by atoms with Gasteiger partial charge in [-0.05, 0) is 37.2 Å². The molecule has 76 valence electrons. The molecule has 0 unspecified atom stereocenters. The van der Waals surface area contributed by atoms with Crippen LogP contribution < -0.4 is 0 Å². The summed E-state index contributed by atoms with van der Waals surface area (Å²) in [4.78, 5) is 0. The van der Waals surface area contributed by atoms with Gasteiger partial charge in [0.05, 0.1) is 5.60 Å². The van der Waals surface area contributed by atoms with E-state index in [0.717, 1.165) is 12.8 Å². The zero-order valence-electron chi connectivity index (χ0n) is 8.90. The van der Waals surface area contributed by atoms with E-state index in [1.54, 1.807) is 0 Å². The molecule has 0 saturated heterocycles. The van der Waals surface area contributed by atoms with E-state index in [9.17, 15) is 5.11 Å². The SMILES string of the molecule is C[C@H]1C[C@@H](c2ccccc2)C[C@@]1(C)O. The van der Waals surface area contributed by atoms with Crippen molar-refractivity contribution in [1.29, 1.82) is 0 Å². The van der Waals surface area contributed by atoms with Crippen molar-refractivity contribution in [3.05, 3.63) is 35.9 Å². The summed E-state index contributed by atoms with van der Waals surface area (Å²) in [6.45, 7) is 4.10. The Morgan fingerprint density at radius 3 is 2.43 bits per heavy atom. The standard InChI is InChI=1S/C13H18O/c1-10-8-12(9-13(10,2)14)11-6-4-3-5-7-11/h3-7,10,12,14H,8-9H2,1-2H3/t10-,12+,13+/m0/s1. The summed E-state index contributed by atoms with van der Waals surface area (Å²) in [5, 5.41) is 10.1. The van der Waals surface area contributed by atoms with Crippen LogP contribution in [-0.2, 0) is 0 Å². The Kier molecular flexibility index (Phi) is 2.36. The minimum Gasteiger partial charge on any atom is -0.390 e. The van der Waals surface area contributed by atoms with Crippen LogP contribution in [0.2, 0.25) is 0 Å². The maximum atomic E-state index is 10.1. The van der Waals surface area contributed by atoms with Gasteiger partial charge in [-0.1, -0.05) is 37.3 Å². The van der Waals surface area contributed by atoms with Gasteiger partial charge in [0.1, 0.15) is 0 Å². The lowest BCUT2D eigenvalue weighted by Gasteiger charge is -2.21. The molecular formula is C13H18O. The van der Waals surface area contributed by atoms with Crippen molar-refractivity contribution >= 4 is 0 Å². The second-order valence-electron chi connectivity index (χ2n) is 4.81. The van der Waals surface area contributed by atoms with E-state index >= 15 is 0 Å². The van der Waals surface area contributed by atoms with E-state index in [1.807, 2.05) is 13.0 Å². The molecule has 1 fully saturated rings. The third-order valence-electron chi connectivity index (χ3n) is 3.63. The highest BCUT2D eigenvalue weighted by Crippen LogP contribution is 2.44. The van der Waals surface area contributed by atoms with Crippen LogP contribution in [0.1, 0.15) is 38.2 Å². The molecule has 1 aliphatic carbocycles. The molecule has 0 spiro atoms. The lowest BCUT2D eigenvalue weighted by molar-refractivity contribution is 0.0276. The van der Waals surface area contributed by atoms with Crippen molar-refractivity contribution in [2.24, 2.45) is 5.92 Å². The maximum absolute atomic E-state index is 10.1. The Labute approximate surface area is 85.8 Å². The summed E-state index contributed by atoms with van der Waals surface area (Å²) >= 11 is 0. The molecule has 1 aromatic carbocycles. The zero-order chi connectivity index (χ0) is 10.2. The van der Waals surface area contributed by atoms with Crippen LogP contribution in [0.15, 0.2) is 30.3 Å².